The highest BCUT2D eigenvalue weighted by Crippen LogP contribution is 2.17. The standard InChI is InChI=1S/C59H101NO5/c1-4-7-10-13-16-19-22-25-28-30-32-35-38-41-44-47-50-55(65-59(64)52-49-46-43-40-37-34-31-29-26-23-20-17-14-11-8-5-2)53-58(63)60-56(54-61)57(62)51-48-45-42-39-36-33-27-24-21-18-15-12-9-6-3/h8,11,16-17,19-20,22,25-26,28-30,32,34-35,37,55-57,61-62H,4-7,9-10,12-15,18,21,23-24,27,31,33,36,38-54H2,1-3H3,(H,60,63)/b11-8+,19-16+,20-17+,25-22+,29-26+,30-28+,35-32+,37-34+. The fourth-order valence-corrected chi connectivity index (χ4v) is 7.67. The zero-order valence-electron chi connectivity index (χ0n) is 42.3. The third-order valence-corrected chi connectivity index (χ3v) is 11.7. The molecule has 1 amide bonds. The number of nitrogens with one attached hydrogen (secondary N) is 1. The molecule has 6 heteroatoms. The molecule has 65 heavy (non-hydrogen) atoms. The molecule has 372 valence electrons. The van der Waals surface area contributed by atoms with Crippen LogP contribution in [0.15, 0.2) is 97.2 Å². The molecule has 0 aromatic heterocycles. The summed E-state index contributed by atoms with van der Waals surface area (Å²) in [5, 5.41) is 23.8. The van der Waals surface area contributed by atoms with Gasteiger partial charge >= 0.3 is 5.97 Å². The van der Waals surface area contributed by atoms with Gasteiger partial charge in [0.1, 0.15) is 6.10 Å². The molecular formula is C59H101NO5. The number of hydrogen-bond acceptors (Lipinski definition) is 5. The summed E-state index contributed by atoms with van der Waals surface area (Å²) in [5.41, 5.74) is 0. The quantitative estimate of drug-likeness (QED) is 0.0245. The molecule has 6 nitrogen and oxygen atoms in total. The first-order valence-corrected chi connectivity index (χ1v) is 27.0. The van der Waals surface area contributed by atoms with E-state index in [2.05, 4.69) is 117 Å². The van der Waals surface area contributed by atoms with Crippen LogP contribution in [0.5, 0.6) is 0 Å². The smallest absolute Gasteiger partial charge is 0.306 e. The second-order valence-electron chi connectivity index (χ2n) is 18.0. The fourth-order valence-electron chi connectivity index (χ4n) is 7.67. The number of amides is 1. The van der Waals surface area contributed by atoms with Gasteiger partial charge in [0.05, 0.1) is 25.2 Å². The van der Waals surface area contributed by atoms with Gasteiger partial charge in [0.15, 0.2) is 0 Å². The number of rotatable bonds is 47. The van der Waals surface area contributed by atoms with Crippen molar-refractivity contribution < 1.29 is 24.5 Å². The van der Waals surface area contributed by atoms with Crippen LogP contribution in [0.4, 0.5) is 0 Å². The molecule has 0 aromatic rings. The van der Waals surface area contributed by atoms with Gasteiger partial charge < -0.3 is 20.3 Å². The van der Waals surface area contributed by atoms with Crippen LogP contribution in [0, 0.1) is 0 Å². The molecule has 3 N–H and O–H groups in total. The maximum atomic E-state index is 13.2. The maximum absolute atomic E-state index is 13.2. The molecule has 0 bridgehead atoms. The van der Waals surface area contributed by atoms with Crippen LogP contribution in [0.2, 0.25) is 0 Å². The van der Waals surface area contributed by atoms with Crippen molar-refractivity contribution in [1.82, 2.24) is 5.32 Å². The lowest BCUT2D eigenvalue weighted by Crippen LogP contribution is -2.46. The number of hydrogen-bond donors (Lipinski definition) is 3. The van der Waals surface area contributed by atoms with Crippen LogP contribution >= 0.6 is 0 Å². The Morgan fingerprint density at radius 1 is 0.477 bits per heavy atom. The van der Waals surface area contributed by atoms with Gasteiger partial charge in [-0.25, -0.2) is 0 Å². The van der Waals surface area contributed by atoms with Gasteiger partial charge in [-0.3, -0.25) is 9.59 Å². The van der Waals surface area contributed by atoms with Crippen molar-refractivity contribution >= 4 is 11.9 Å². The first-order chi connectivity index (χ1) is 32.0. The zero-order valence-corrected chi connectivity index (χ0v) is 42.3. The number of ether oxygens (including phenoxy) is 1. The minimum absolute atomic E-state index is 0.0335. The van der Waals surface area contributed by atoms with Crippen LogP contribution in [0.1, 0.15) is 239 Å². The van der Waals surface area contributed by atoms with Crippen molar-refractivity contribution in [1.29, 1.82) is 0 Å². The van der Waals surface area contributed by atoms with E-state index < -0.39 is 18.2 Å². The largest absolute Gasteiger partial charge is 0.462 e. The van der Waals surface area contributed by atoms with Crippen molar-refractivity contribution in [3.8, 4) is 0 Å². The lowest BCUT2D eigenvalue weighted by molar-refractivity contribution is -0.151. The van der Waals surface area contributed by atoms with E-state index in [0.29, 0.717) is 19.3 Å². The molecule has 0 rings (SSSR count). The van der Waals surface area contributed by atoms with Crippen molar-refractivity contribution in [3.63, 3.8) is 0 Å². The average molecular weight is 904 g/mol. The summed E-state index contributed by atoms with van der Waals surface area (Å²) in [4.78, 5) is 26.2. The molecule has 3 atom stereocenters. The molecule has 0 radical (unpaired) electrons. The molecule has 0 fully saturated rings. The zero-order chi connectivity index (χ0) is 47.4. The minimum Gasteiger partial charge on any atom is -0.462 e. The molecule has 0 aliphatic heterocycles. The van der Waals surface area contributed by atoms with Gasteiger partial charge in [0.2, 0.25) is 5.91 Å². The molecule has 0 aliphatic rings. The van der Waals surface area contributed by atoms with E-state index in [1.165, 1.54) is 89.9 Å². The fraction of sp³-hybridized carbons (Fsp3) is 0.695. The predicted molar refractivity (Wildman–Crippen MR) is 282 cm³/mol. The highest BCUT2D eigenvalue weighted by Gasteiger charge is 2.24. The Morgan fingerprint density at radius 2 is 0.892 bits per heavy atom. The molecule has 0 aromatic carbocycles. The molecule has 0 heterocycles. The highest BCUT2D eigenvalue weighted by atomic mass is 16.5. The van der Waals surface area contributed by atoms with Gasteiger partial charge in [0, 0.05) is 6.42 Å². The van der Waals surface area contributed by atoms with Gasteiger partial charge in [-0.05, 0) is 89.9 Å². The Balaban J connectivity index is 4.74. The Hall–Kier alpha value is -3.22. The van der Waals surface area contributed by atoms with E-state index in [9.17, 15) is 19.8 Å². The van der Waals surface area contributed by atoms with Crippen molar-refractivity contribution in [2.75, 3.05) is 6.61 Å². The SMILES string of the molecule is CC/C=C/C/C=C/C/C=C/C/C=C/CCCCCC(=O)OC(CCCCC/C=C/C=C/C=C/C=C/CCCCC)CC(=O)NC(CO)C(O)CCCCCCCCCCCCCCCC. The van der Waals surface area contributed by atoms with Crippen LogP contribution < -0.4 is 5.32 Å². The van der Waals surface area contributed by atoms with E-state index in [0.717, 1.165) is 103 Å². The Labute approximate surface area is 401 Å². The molecule has 0 spiro atoms. The number of unbranched alkanes of at least 4 members (excludes halogenated alkanes) is 22. The van der Waals surface area contributed by atoms with Crippen LogP contribution in [-0.2, 0) is 14.3 Å². The van der Waals surface area contributed by atoms with E-state index in [1.807, 2.05) is 6.08 Å². The summed E-state index contributed by atoms with van der Waals surface area (Å²) in [6, 6.07) is -0.727. The summed E-state index contributed by atoms with van der Waals surface area (Å²) >= 11 is 0. The lowest BCUT2D eigenvalue weighted by Gasteiger charge is -2.24. The monoisotopic (exact) mass is 904 g/mol. The number of aliphatic hydroxyl groups is 2. The van der Waals surface area contributed by atoms with Crippen molar-refractivity contribution in [2.45, 2.75) is 257 Å². The molecular weight excluding hydrogens is 803 g/mol. The summed E-state index contributed by atoms with van der Waals surface area (Å²) in [6.07, 6.45) is 68.9. The summed E-state index contributed by atoms with van der Waals surface area (Å²) in [7, 11) is 0. The van der Waals surface area contributed by atoms with E-state index in [4.69, 9.17) is 4.74 Å². The summed E-state index contributed by atoms with van der Waals surface area (Å²) in [6.45, 7) is 6.31. The topological polar surface area (TPSA) is 95.9 Å². The maximum Gasteiger partial charge on any atom is 0.306 e. The number of aliphatic hydroxyl groups excluding tert-OH is 2. The second-order valence-corrected chi connectivity index (χ2v) is 18.0. The van der Waals surface area contributed by atoms with Crippen LogP contribution in [0.25, 0.3) is 0 Å². The van der Waals surface area contributed by atoms with Crippen molar-refractivity contribution in [2.24, 2.45) is 0 Å². The number of esters is 1. The average Bonchev–Trinajstić information content (AvgIpc) is 3.30. The van der Waals surface area contributed by atoms with Gasteiger partial charge in [0.25, 0.3) is 0 Å². The van der Waals surface area contributed by atoms with E-state index >= 15 is 0 Å². The van der Waals surface area contributed by atoms with Crippen molar-refractivity contribution in [3.05, 3.63) is 97.2 Å². The normalized spacial score (nSPS) is 14.0. The lowest BCUT2D eigenvalue weighted by atomic mass is 10.0. The Kier molecular flexibility index (Phi) is 49.2. The molecule has 0 saturated carbocycles. The van der Waals surface area contributed by atoms with Gasteiger partial charge in [-0.2, -0.15) is 0 Å². The number of carbonyl (C=O) groups excluding carboxylic acids is 2. The van der Waals surface area contributed by atoms with Gasteiger partial charge in [-0.1, -0.05) is 234 Å². The van der Waals surface area contributed by atoms with Gasteiger partial charge in [-0.15, -0.1) is 0 Å². The molecule has 0 saturated heterocycles. The Morgan fingerprint density at radius 3 is 1.43 bits per heavy atom. The molecule has 0 aliphatic carbocycles. The summed E-state index contributed by atoms with van der Waals surface area (Å²) in [5.74, 6) is -0.554. The summed E-state index contributed by atoms with van der Waals surface area (Å²) < 4.78 is 5.91. The minimum atomic E-state index is -0.810. The molecule has 3 unspecified atom stereocenters. The highest BCUT2D eigenvalue weighted by molar-refractivity contribution is 5.77. The third kappa shape index (κ3) is 47.1. The van der Waals surface area contributed by atoms with E-state index in [1.54, 1.807) is 0 Å². The predicted octanol–water partition coefficient (Wildman–Crippen LogP) is 16.5. The Bertz CT molecular complexity index is 1290. The van der Waals surface area contributed by atoms with E-state index in [-0.39, 0.29) is 24.9 Å². The first kappa shape index (κ1) is 61.8. The first-order valence-electron chi connectivity index (χ1n) is 27.0. The van der Waals surface area contributed by atoms with Crippen LogP contribution in [-0.4, -0.2) is 46.9 Å². The second kappa shape index (κ2) is 51.8. The third-order valence-electron chi connectivity index (χ3n) is 11.7. The number of allylic oxidation sites excluding steroid dienone is 16. The number of carbonyl (C=O) groups is 2. The van der Waals surface area contributed by atoms with Crippen LogP contribution in [0.3, 0.4) is 0 Å².